The molecule has 1 aromatic rings. The number of nitrogens with zero attached hydrogens (tertiary/aromatic N) is 2. The van der Waals surface area contributed by atoms with Crippen LogP contribution in [0.1, 0.15) is 29.8 Å². The number of aliphatic hydroxyl groups excluding tert-OH is 1. The summed E-state index contributed by atoms with van der Waals surface area (Å²) in [4.78, 5) is 0. The van der Waals surface area contributed by atoms with Crippen molar-refractivity contribution in [3.8, 4) is 0 Å². The van der Waals surface area contributed by atoms with Crippen LogP contribution >= 0.6 is 0 Å². The molecule has 104 valence electrons. The van der Waals surface area contributed by atoms with Crippen LogP contribution in [0.2, 0.25) is 0 Å². The Morgan fingerprint density at radius 1 is 1.39 bits per heavy atom. The Bertz CT molecular complexity index is 506. The average Bonchev–Trinajstić information content (AvgIpc) is 2.43. The van der Waals surface area contributed by atoms with Gasteiger partial charge in [0.1, 0.15) is 9.84 Å². The largest absolute Gasteiger partial charge is 0.393 e. The highest BCUT2D eigenvalue weighted by Gasteiger charge is 2.14. The van der Waals surface area contributed by atoms with Crippen molar-refractivity contribution in [2.24, 2.45) is 7.05 Å². The highest BCUT2D eigenvalue weighted by Crippen LogP contribution is 2.16. The maximum absolute atomic E-state index is 11.0. The van der Waals surface area contributed by atoms with E-state index in [4.69, 9.17) is 0 Å². The van der Waals surface area contributed by atoms with Gasteiger partial charge in [0.05, 0.1) is 11.8 Å². The van der Waals surface area contributed by atoms with E-state index in [1.54, 1.807) is 4.68 Å². The van der Waals surface area contributed by atoms with Crippen molar-refractivity contribution in [2.45, 2.75) is 39.2 Å². The van der Waals surface area contributed by atoms with Gasteiger partial charge in [-0.25, -0.2) is 8.42 Å². The third-order valence-corrected chi connectivity index (χ3v) is 4.18. The van der Waals surface area contributed by atoms with Crippen molar-refractivity contribution in [3.05, 3.63) is 17.0 Å². The fourth-order valence-corrected chi connectivity index (χ4v) is 2.72. The normalized spacial score (nSPS) is 13.8. The van der Waals surface area contributed by atoms with Gasteiger partial charge in [-0.1, -0.05) is 0 Å². The van der Waals surface area contributed by atoms with E-state index in [9.17, 15) is 13.5 Å². The van der Waals surface area contributed by atoms with E-state index in [0.29, 0.717) is 19.3 Å². The van der Waals surface area contributed by atoms with Gasteiger partial charge in [-0.2, -0.15) is 5.10 Å². The van der Waals surface area contributed by atoms with Crippen LogP contribution in [0.4, 0.5) is 0 Å². The number of hydrogen-bond donors (Lipinski definition) is 1. The summed E-state index contributed by atoms with van der Waals surface area (Å²) >= 11 is 0. The molecule has 18 heavy (non-hydrogen) atoms. The van der Waals surface area contributed by atoms with Gasteiger partial charge in [-0.05, 0) is 32.3 Å². The Morgan fingerprint density at radius 3 is 2.44 bits per heavy atom. The first-order valence-electron chi connectivity index (χ1n) is 6.05. The molecule has 0 radical (unpaired) electrons. The molecule has 1 heterocycles. The maximum Gasteiger partial charge on any atom is 0.147 e. The molecule has 1 unspecified atom stereocenters. The Kier molecular flexibility index (Phi) is 4.92. The zero-order chi connectivity index (χ0) is 13.9. The minimum atomic E-state index is -2.93. The molecular formula is C12H22N2O3S. The average molecular weight is 274 g/mol. The van der Waals surface area contributed by atoms with Gasteiger partial charge in [-0.3, -0.25) is 4.68 Å². The van der Waals surface area contributed by atoms with Gasteiger partial charge in [0.25, 0.3) is 0 Å². The first-order chi connectivity index (χ1) is 8.20. The molecule has 0 saturated heterocycles. The molecule has 0 aliphatic carbocycles. The first-order valence-corrected chi connectivity index (χ1v) is 8.11. The van der Waals surface area contributed by atoms with Crippen molar-refractivity contribution >= 4 is 9.84 Å². The Balaban J connectivity index is 2.52. The highest BCUT2D eigenvalue weighted by atomic mass is 32.2. The van der Waals surface area contributed by atoms with E-state index in [-0.39, 0.29) is 5.75 Å². The number of aromatic nitrogens is 2. The van der Waals surface area contributed by atoms with Gasteiger partial charge in [-0.15, -0.1) is 0 Å². The third kappa shape index (κ3) is 4.42. The fourth-order valence-electron chi connectivity index (χ4n) is 2.03. The van der Waals surface area contributed by atoms with Crippen LogP contribution in [0, 0.1) is 13.8 Å². The summed E-state index contributed by atoms with van der Waals surface area (Å²) in [7, 11) is -1.06. The third-order valence-electron chi connectivity index (χ3n) is 3.15. The molecule has 0 amide bonds. The Morgan fingerprint density at radius 2 is 2.00 bits per heavy atom. The van der Waals surface area contributed by atoms with Crippen LogP contribution in [-0.2, 0) is 23.3 Å². The summed E-state index contributed by atoms with van der Waals surface area (Å²) in [6.45, 7) is 3.89. The molecule has 0 aliphatic rings. The topological polar surface area (TPSA) is 72.2 Å². The van der Waals surface area contributed by atoms with E-state index in [1.807, 2.05) is 20.9 Å². The van der Waals surface area contributed by atoms with Gasteiger partial charge in [0.2, 0.25) is 0 Å². The second kappa shape index (κ2) is 5.84. The van der Waals surface area contributed by atoms with Crippen molar-refractivity contribution in [3.63, 3.8) is 0 Å². The molecule has 0 spiro atoms. The lowest BCUT2D eigenvalue weighted by Gasteiger charge is -2.10. The van der Waals surface area contributed by atoms with Crippen LogP contribution in [0.25, 0.3) is 0 Å². The van der Waals surface area contributed by atoms with Gasteiger partial charge >= 0.3 is 0 Å². The van der Waals surface area contributed by atoms with E-state index < -0.39 is 15.9 Å². The SMILES string of the molecule is Cc1nn(C)c(C)c1CC(O)CCCS(C)(=O)=O. The van der Waals surface area contributed by atoms with Crippen molar-refractivity contribution < 1.29 is 13.5 Å². The molecular weight excluding hydrogens is 252 g/mol. The molecule has 0 saturated carbocycles. The number of hydrogen-bond acceptors (Lipinski definition) is 4. The quantitative estimate of drug-likeness (QED) is 0.831. The van der Waals surface area contributed by atoms with Crippen LogP contribution in [0.15, 0.2) is 0 Å². The van der Waals surface area contributed by atoms with Gasteiger partial charge in [0, 0.05) is 31.2 Å². The summed E-state index contributed by atoms with van der Waals surface area (Å²) in [5, 5.41) is 14.2. The maximum atomic E-state index is 11.0. The summed E-state index contributed by atoms with van der Waals surface area (Å²) in [6.07, 6.45) is 2.25. The van der Waals surface area contributed by atoms with Crippen LogP contribution in [-0.4, -0.2) is 41.4 Å². The number of rotatable bonds is 6. The molecule has 0 aromatic carbocycles. The van der Waals surface area contributed by atoms with E-state index in [0.717, 1.165) is 17.0 Å². The molecule has 0 bridgehead atoms. The lowest BCUT2D eigenvalue weighted by atomic mass is 10.0. The van der Waals surface area contributed by atoms with Crippen LogP contribution in [0.5, 0.6) is 0 Å². The molecule has 0 aliphatic heterocycles. The predicted octanol–water partition coefficient (Wildman–Crippen LogP) is 0.765. The van der Waals surface area contributed by atoms with E-state index in [2.05, 4.69) is 5.10 Å². The summed E-state index contributed by atoms with van der Waals surface area (Å²) in [6, 6.07) is 0. The van der Waals surface area contributed by atoms with Crippen molar-refractivity contribution in [1.82, 2.24) is 9.78 Å². The molecule has 6 heteroatoms. The second-order valence-corrected chi connectivity index (χ2v) is 7.16. The summed E-state index contributed by atoms with van der Waals surface area (Å²) in [5.74, 6) is 0.134. The Labute approximate surface area is 109 Å². The highest BCUT2D eigenvalue weighted by molar-refractivity contribution is 7.90. The fraction of sp³-hybridized carbons (Fsp3) is 0.750. The Hall–Kier alpha value is -0.880. The lowest BCUT2D eigenvalue weighted by Crippen LogP contribution is -2.14. The smallest absolute Gasteiger partial charge is 0.147 e. The molecule has 0 fully saturated rings. The minimum Gasteiger partial charge on any atom is -0.393 e. The van der Waals surface area contributed by atoms with Gasteiger partial charge in [0.15, 0.2) is 0 Å². The molecule has 1 atom stereocenters. The molecule has 1 rings (SSSR count). The zero-order valence-corrected chi connectivity index (χ0v) is 12.3. The lowest BCUT2D eigenvalue weighted by molar-refractivity contribution is 0.163. The monoisotopic (exact) mass is 274 g/mol. The molecule has 1 aromatic heterocycles. The standard InChI is InChI=1S/C12H22N2O3S/c1-9-12(10(2)14(3)13-9)8-11(15)6-5-7-18(4,16)17/h11,15H,5-8H2,1-4H3. The number of aryl methyl sites for hydroxylation is 2. The zero-order valence-electron chi connectivity index (χ0n) is 11.5. The molecule has 5 nitrogen and oxygen atoms in total. The first kappa shape index (κ1) is 15.2. The van der Waals surface area contributed by atoms with Crippen LogP contribution < -0.4 is 0 Å². The second-order valence-electron chi connectivity index (χ2n) is 4.90. The van der Waals surface area contributed by atoms with Crippen molar-refractivity contribution in [2.75, 3.05) is 12.0 Å². The van der Waals surface area contributed by atoms with Gasteiger partial charge < -0.3 is 5.11 Å². The summed E-state index contributed by atoms with van der Waals surface area (Å²) in [5.41, 5.74) is 3.04. The molecule has 1 N–H and O–H groups in total. The summed E-state index contributed by atoms with van der Waals surface area (Å²) < 4.78 is 23.8. The van der Waals surface area contributed by atoms with E-state index in [1.165, 1.54) is 6.26 Å². The van der Waals surface area contributed by atoms with Crippen LogP contribution in [0.3, 0.4) is 0 Å². The minimum absolute atomic E-state index is 0.134. The number of aliphatic hydroxyl groups is 1. The van der Waals surface area contributed by atoms with E-state index >= 15 is 0 Å². The van der Waals surface area contributed by atoms with Crippen molar-refractivity contribution in [1.29, 1.82) is 0 Å². The predicted molar refractivity (Wildman–Crippen MR) is 71.3 cm³/mol. The number of sulfone groups is 1.